The molecule has 0 aliphatic heterocycles. The highest BCUT2D eigenvalue weighted by atomic mass is 35.5. The van der Waals surface area contributed by atoms with Crippen molar-refractivity contribution in [1.82, 2.24) is 0 Å². The van der Waals surface area contributed by atoms with E-state index >= 15 is 0 Å². The number of nitrogens with zero attached hydrogens (tertiary/aromatic N) is 3. The van der Waals surface area contributed by atoms with Crippen molar-refractivity contribution in [2.45, 2.75) is 12.2 Å². The van der Waals surface area contributed by atoms with E-state index < -0.39 is 0 Å². The van der Waals surface area contributed by atoms with Gasteiger partial charge in [0.05, 0.1) is 6.54 Å². The lowest BCUT2D eigenvalue weighted by Gasteiger charge is -2.18. The van der Waals surface area contributed by atoms with E-state index in [4.69, 9.17) is 67.1 Å². The molecule has 0 spiro atoms. The van der Waals surface area contributed by atoms with Crippen LogP contribution in [-0.4, -0.2) is 13.1 Å². The average molecular weight is 590 g/mol. The van der Waals surface area contributed by atoms with Gasteiger partial charge in [0.15, 0.2) is 0 Å². The molecule has 0 aromatic heterocycles. The maximum absolute atomic E-state index is 8.47. The first-order valence-corrected chi connectivity index (χ1v) is 13.0. The molecule has 4 rings (SSSR count). The molecule has 0 saturated carbocycles. The first kappa shape index (κ1) is 29.5. The zero-order chi connectivity index (χ0) is 27.3. The van der Waals surface area contributed by atoms with Crippen molar-refractivity contribution in [3.8, 4) is 11.5 Å². The fraction of sp³-hybridized carbons (Fsp3) is 0.143. The van der Waals surface area contributed by atoms with Crippen LogP contribution in [0.2, 0.25) is 20.1 Å². The van der Waals surface area contributed by atoms with Gasteiger partial charge in [-0.1, -0.05) is 75.8 Å². The molecule has 4 aromatic rings. The maximum atomic E-state index is 8.47. The molecule has 0 aliphatic carbocycles. The highest BCUT2D eigenvalue weighted by molar-refractivity contribution is 6.31. The molecule has 196 valence electrons. The fourth-order valence-electron chi connectivity index (χ4n) is 3.28. The molecule has 0 amide bonds. The Bertz CT molecular complexity index is 1310. The van der Waals surface area contributed by atoms with Crippen molar-refractivity contribution >= 4 is 46.4 Å². The first-order chi connectivity index (χ1) is 18.4. The van der Waals surface area contributed by atoms with Gasteiger partial charge in [0.1, 0.15) is 23.7 Å². The number of nitrogens with two attached hydrogens (primary N) is 1. The van der Waals surface area contributed by atoms with Gasteiger partial charge >= 0.3 is 0 Å². The summed E-state index contributed by atoms with van der Waals surface area (Å²) in [4.78, 5) is 2.77. The van der Waals surface area contributed by atoms with Crippen molar-refractivity contribution in [3.05, 3.63) is 139 Å². The van der Waals surface area contributed by atoms with Crippen LogP contribution in [0.3, 0.4) is 0 Å². The van der Waals surface area contributed by atoms with E-state index in [1.807, 2.05) is 48.5 Å². The molecule has 2 atom stereocenters. The molecule has 0 fully saturated rings. The normalized spacial score (nSPS) is 11.8. The van der Waals surface area contributed by atoms with E-state index in [-0.39, 0.29) is 18.8 Å². The molecule has 0 aliphatic rings. The minimum atomic E-state index is -0.371. The minimum Gasteiger partial charge on any atom is -0.486 e. The summed E-state index contributed by atoms with van der Waals surface area (Å²) in [6.45, 7) is 0.588. The Labute approximate surface area is 241 Å². The zero-order valence-electron chi connectivity index (χ0n) is 20.1. The first-order valence-electron chi connectivity index (χ1n) is 11.4. The Kier molecular flexibility index (Phi) is 11.9. The summed E-state index contributed by atoms with van der Waals surface area (Å²) < 4.78 is 11.6. The standard InChI is InChI=1S/C14H11Cl2N3O.C14H13Cl2NO/c15-11-3-1-10(2-4-11)14(9-18-19-17)20-13-7-5-12(16)6-8-13;15-11-3-1-10(2-4-11)14(9-17)18-13-7-5-12(16)6-8-13/h1-8,14H,9H2;1-8,14H,9,17H2. The third kappa shape index (κ3) is 9.66. The van der Waals surface area contributed by atoms with Crippen LogP contribution >= 0.6 is 46.4 Å². The van der Waals surface area contributed by atoms with Crippen molar-refractivity contribution in [2.24, 2.45) is 10.8 Å². The van der Waals surface area contributed by atoms with Gasteiger partial charge in [-0.05, 0) is 89.5 Å². The van der Waals surface area contributed by atoms with Crippen molar-refractivity contribution in [2.75, 3.05) is 13.1 Å². The monoisotopic (exact) mass is 588 g/mol. The van der Waals surface area contributed by atoms with E-state index in [2.05, 4.69) is 10.0 Å². The number of ether oxygens (including phenoxy) is 2. The predicted molar refractivity (Wildman–Crippen MR) is 156 cm³/mol. The highest BCUT2D eigenvalue weighted by Gasteiger charge is 2.13. The van der Waals surface area contributed by atoms with Gasteiger partial charge in [-0.15, -0.1) is 0 Å². The van der Waals surface area contributed by atoms with Gasteiger partial charge in [0.2, 0.25) is 0 Å². The smallest absolute Gasteiger partial charge is 0.136 e. The van der Waals surface area contributed by atoms with E-state index in [1.54, 1.807) is 48.5 Å². The van der Waals surface area contributed by atoms with E-state index in [0.717, 1.165) is 16.9 Å². The lowest BCUT2D eigenvalue weighted by atomic mass is 10.1. The number of azide groups is 1. The van der Waals surface area contributed by atoms with Gasteiger partial charge in [-0.3, -0.25) is 0 Å². The molecular weight excluding hydrogens is 566 g/mol. The Morgan fingerprint density at radius 2 is 0.947 bits per heavy atom. The summed E-state index contributed by atoms with van der Waals surface area (Å²) in [6.07, 6.45) is -0.562. The fourth-order valence-corrected chi connectivity index (χ4v) is 3.79. The van der Waals surface area contributed by atoms with Crippen LogP contribution in [0.1, 0.15) is 23.3 Å². The molecule has 2 unspecified atom stereocenters. The largest absolute Gasteiger partial charge is 0.486 e. The number of benzene rings is 4. The SMILES string of the molecule is NCC(Oc1ccc(Cl)cc1)c1ccc(Cl)cc1.[N-]=[N+]=NCC(Oc1ccc(Cl)cc1)c1ccc(Cl)cc1. The van der Waals surface area contributed by atoms with Gasteiger partial charge < -0.3 is 15.2 Å². The predicted octanol–water partition coefficient (Wildman–Crippen LogP) is 9.50. The van der Waals surface area contributed by atoms with E-state index in [1.165, 1.54) is 0 Å². The van der Waals surface area contributed by atoms with E-state index in [0.29, 0.717) is 32.4 Å². The Balaban J connectivity index is 0.000000212. The van der Waals surface area contributed by atoms with Crippen LogP contribution in [0, 0.1) is 0 Å². The van der Waals surface area contributed by atoms with Crippen molar-refractivity contribution in [1.29, 1.82) is 0 Å². The molecule has 0 radical (unpaired) electrons. The van der Waals surface area contributed by atoms with Crippen LogP contribution < -0.4 is 15.2 Å². The third-order valence-electron chi connectivity index (χ3n) is 5.19. The van der Waals surface area contributed by atoms with E-state index in [9.17, 15) is 0 Å². The molecule has 38 heavy (non-hydrogen) atoms. The molecule has 0 saturated heterocycles. The average Bonchev–Trinajstić information content (AvgIpc) is 2.93. The molecule has 10 heteroatoms. The Morgan fingerprint density at radius 1 is 0.605 bits per heavy atom. The Morgan fingerprint density at radius 3 is 1.32 bits per heavy atom. The summed E-state index contributed by atoms with van der Waals surface area (Å²) in [6, 6.07) is 28.9. The second-order valence-electron chi connectivity index (χ2n) is 7.87. The highest BCUT2D eigenvalue weighted by Crippen LogP contribution is 2.26. The van der Waals surface area contributed by atoms with Crippen LogP contribution in [-0.2, 0) is 0 Å². The summed E-state index contributed by atoms with van der Waals surface area (Å²) in [5.74, 6) is 1.40. The number of hydrogen-bond donors (Lipinski definition) is 1. The van der Waals surface area contributed by atoms with Gasteiger partial charge in [0, 0.05) is 31.5 Å². The number of halogens is 4. The van der Waals surface area contributed by atoms with Crippen LogP contribution in [0.25, 0.3) is 10.4 Å². The van der Waals surface area contributed by atoms with Crippen LogP contribution in [0.15, 0.2) is 102 Å². The second kappa shape index (κ2) is 15.4. The second-order valence-corrected chi connectivity index (χ2v) is 9.62. The topological polar surface area (TPSA) is 93.2 Å². The molecular formula is C28H24Cl4N4O2. The lowest BCUT2D eigenvalue weighted by Crippen LogP contribution is -2.18. The summed E-state index contributed by atoms with van der Waals surface area (Å²) in [7, 11) is 0. The number of rotatable bonds is 9. The van der Waals surface area contributed by atoms with Gasteiger partial charge in [0.25, 0.3) is 0 Å². The minimum absolute atomic E-state index is 0.191. The lowest BCUT2D eigenvalue weighted by molar-refractivity contribution is 0.214. The summed E-state index contributed by atoms with van der Waals surface area (Å²) in [5.41, 5.74) is 16.1. The van der Waals surface area contributed by atoms with Crippen molar-refractivity contribution < 1.29 is 9.47 Å². The van der Waals surface area contributed by atoms with Gasteiger partial charge in [-0.2, -0.15) is 0 Å². The maximum Gasteiger partial charge on any atom is 0.136 e. The zero-order valence-corrected chi connectivity index (χ0v) is 23.1. The molecule has 2 N–H and O–H groups in total. The molecule has 0 bridgehead atoms. The van der Waals surface area contributed by atoms with Crippen LogP contribution in [0.4, 0.5) is 0 Å². The summed E-state index contributed by atoms with van der Waals surface area (Å²) in [5, 5.41) is 6.23. The quantitative estimate of drug-likeness (QED) is 0.120. The molecule has 0 heterocycles. The molecule has 4 aromatic carbocycles. The third-order valence-corrected chi connectivity index (χ3v) is 6.20. The Hall–Kier alpha value is -3.09. The van der Waals surface area contributed by atoms with Crippen molar-refractivity contribution in [3.63, 3.8) is 0 Å². The van der Waals surface area contributed by atoms with Gasteiger partial charge in [-0.25, -0.2) is 0 Å². The number of hydrogen-bond acceptors (Lipinski definition) is 4. The van der Waals surface area contributed by atoms with Crippen LogP contribution in [0.5, 0.6) is 11.5 Å². The summed E-state index contributed by atoms with van der Waals surface area (Å²) >= 11 is 23.4. The molecule has 6 nitrogen and oxygen atoms in total.